The van der Waals surface area contributed by atoms with E-state index in [2.05, 4.69) is 14.9 Å². The van der Waals surface area contributed by atoms with E-state index in [9.17, 15) is 8.42 Å². The summed E-state index contributed by atoms with van der Waals surface area (Å²) in [6.07, 6.45) is 1.56. The molecule has 0 aliphatic rings. The molecule has 0 bridgehead atoms. The van der Waals surface area contributed by atoms with Crippen molar-refractivity contribution in [2.75, 3.05) is 5.73 Å². The van der Waals surface area contributed by atoms with E-state index in [1.807, 2.05) is 6.92 Å². The van der Waals surface area contributed by atoms with Crippen molar-refractivity contribution in [2.24, 2.45) is 0 Å². The second-order valence-corrected chi connectivity index (χ2v) is 6.12. The van der Waals surface area contributed by atoms with Gasteiger partial charge in [0.05, 0.1) is 11.4 Å². The van der Waals surface area contributed by atoms with Gasteiger partial charge < -0.3 is 10.3 Å². The molecule has 108 valence electrons. The Morgan fingerprint density at radius 3 is 2.85 bits per heavy atom. The van der Waals surface area contributed by atoms with Crippen LogP contribution in [0.25, 0.3) is 0 Å². The molecular weight excluding hydrogens is 278 g/mol. The molecule has 0 aliphatic carbocycles. The molecule has 1 aromatic carbocycles. The van der Waals surface area contributed by atoms with Crippen molar-refractivity contribution >= 4 is 15.7 Å². The molecule has 1 heterocycles. The Hall–Kier alpha value is -1.93. The lowest BCUT2D eigenvalue weighted by Crippen LogP contribution is -2.25. The quantitative estimate of drug-likeness (QED) is 0.789. The summed E-state index contributed by atoms with van der Waals surface area (Å²) in [4.78, 5) is 0.181. The SMILES string of the molecule is CCn1cnnc1CNS(=O)(=O)c1cc(N)ccc1C. The molecule has 0 aliphatic heterocycles. The van der Waals surface area contributed by atoms with Crippen molar-refractivity contribution in [3.8, 4) is 0 Å². The molecule has 0 saturated carbocycles. The van der Waals surface area contributed by atoms with Gasteiger partial charge in [-0.1, -0.05) is 6.07 Å². The van der Waals surface area contributed by atoms with Gasteiger partial charge in [-0.3, -0.25) is 0 Å². The number of rotatable bonds is 5. The number of sulfonamides is 1. The highest BCUT2D eigenvalue weighted by Gasteiger charge is 2.18. The molecular formula is C12H17N5O2S. The van der Waals surface area contributed by atoms with Gasteiger partial charge in [0.15, 0.2) is 0 Å². The third-order valence-corrected chi connectivity index (χ3v) is 4.50. The maximum atomic E-state index is 12.3. The maximum absolute atomic E-state index is 12.3. The molecule has 0 spiro atoms. The minimum Gasteiger partial charge on any atom is -0.399 e. The highest BCUT2D eigenvalue weighted by Crippen LogP contribution is 2.18. The molecule has 0 amide bonds. The van der Waals surface area contributed by atoms with Crippen molar-refractivity contribution in [1.82, 2.24) is 19.5 Å². The Morgan fingerprint density at radius 2 is 2.15 bits per heavy atom. The molecule has 0 radical (unpaired) electrons. The van der Waals surface area contributed by atoms with E-state index in [-0.39, 0.29) is 11.4 Å². The lowest BCUT2D eigenvalue weighted by atomic mass is 10.2. The summed E-state index contributed by atoms with van der Waals surface area (Å²) < 4.78 is 28.8. The number of nitrogen functional groups attached to an aromatic ring is 1. The molecule has 1 aromatic heterocycles. The van der Waals surface area contributed by atoms with Crippen LogP contribution in [0.15, 0.2) is 29.4 Å². The van der Waals surface area contributed by atoms with Crippen LogP contribution >= 0.6 is 0 Å². The van der Waals surface area contributed by atoms with E-state index in [1.54, 1.807) is 30.0 Å². The number of benzene rings is 1. The van der Waals surface area contributed by atoms with Gasteiger partial charge in [0, 0.05) is 12.2 Å². The summed E-state index contributed by atoms with van der Waals surface area (Å²) in [5, 5.41) is 7.64. The summed E-state index contributed by atoms with van der Waals surface area (Å²) in [6.45, 7) is 4.43. The van der Waals surface area contributed by atoms with Crippen LogP contribution in [0.5, 0.6) is 0 Å². The molecule has 0 unspecified atom stereocenters. The first-order valence-electron chi connectivity index (χ1n) is 6.16. The van der Waals surface area contributed by atoms with Crippen LogP contribution in [0.1, 0.15) is 18.3 Å². The Labute approximate surface area is 117 Å². The molecule has 8 heteroatoms. The van der Waals surface area contributed by atoms with Gasteiger partial charge in [0.25, 0.3) is 0 Å². The second kappa shape index (κ2) is 5.59. The third-order valence-electron chi connectivity index (χ3n) is 2.96. The predicted molar refractivity (Wildman–Crippen MR) is 75.3 cm³/mol. The van der Waals surface area contributed by atoms with Crippen LogP contribution in [0.3, 0.4) is 0 Å². The molecule has 7 nitrogen and oxygen atoms in total. The molecule has 3 N–H and O–H groups in total. The van der Waals surface area contributed by atoms with Crippen molar-refractivity contribution in [2.45, 2.75) is 31.8 Å². The smallest absolute Gasteiger partial charge is 0.241 e. The van der Waals surface area contributed by atoms with Crippen LogP contribution in [0, 0.1) is 6.92 Å². The van der Waals surface area contributed by atoms with E-state index in [4.69, 9.17) is 5.73 Å². The predicted octanol–water partition coefficient (Wildman–Crippen LogP) is 0.667. The number of hydrogen-bond donors (Lipinski definition) is 2. The zero-order valence-electron chi connectivity index (χ0n) is 11.4. The van der Waals surface area contributed by atoms with Gasteiger partial charge in [0.1, 0.15) is 12.2 Å². The number of nitrogens with zero attached hydrogens (tertiary/aromatic N) is 3. The Balaban J connectivity index is 2.21. The summed E-state index contributed by atoms with van der Waals surface area (Å²) in [5.74, 6) is 0.567. The molecule has 0 saturated heterocycles. The molecule has 0 atom stereocenters. The molecule has 20 heavy (non-hydrogen) atoms. The average molecular weight is 295 g/mol. The van der Waals surface area contributed by atoms with Crippen LogP contribution in [0.2, 0.25) is 0 Å². The average Bonchev–Trinajstić information content (AvgIpc) is 2.86. The van der Waals surface area contributed by atoms with Gasteiger partial charge in [-0.15, -0.1) is 10.2 Å². The summed E-state index contributed by atoms with van der Waals surface area (Å²) in [5.41, 5.74) is 6.69. The second-order valence-electron chi connectivity index (χ2n) is 4.38. The fourth-order valence-corrected chi connectivity index (χ4v) is 3.08. The number of nitrogens with two attached hydrogens (primary N) is 1. The first kappa shape index (κ1) is 14.5. The van der Waals surface area contributed by atoms with Crippen molar-refractivity contribution in [3.63, 3.8) is 0 Å². The highest BCUT2D eigenvalue weighted by atomic mass is 32.2. The van der Waals surface area contributed by atoms with E-state index < -0.39 is 10.0 Å². The Morgan fingerprint density at radius 1 is 1.40 bits per heavy atom. The van der Waals surface area contributed by atoms with Crippen molar-refractivity contribution in [1.29, 1.82) is 0 Å². The largest absolute Gasteiger partial charge is 0.399 e. The third kappa shape index (κ3) is 2.97. The fourth-order valence-electron chi connectivity index (χ4n) is 1.82. The van der Waals surface area contributed by atoms with Crippen LogP contribution < -0.4 is 10.5 Å². The first-order chi connectivity index (χ1) is 9.44. The van der Waals surface area contributed by atoms with Gasteiger partial charge in [-0.25, -0.2) is 13.1 Å². The van der Waals surface area contributed by atoms with E-state index in [1.165, 1.54) is 6.07 Å². The van der Waals surface area contributed by atoms with E-state index >= 15 is 0 Å². The zero-order chi connectivity index (χ0) is 14.8. The van der Waals surface area contributed by atoms with Crippen LogP contribution in [0.4, 0.5) is 5.69 Å². The van der Waals surface area contributed by atoms with Gasteiger partial charge in [-0.2, -0.15) is 0 Å². The number of nitrogens with one attached hydrogen (secondary N) is 1. The standard InChI is InChI=1S/C12H17N5O2S/c1-3-17-8-14-16-12(17)7-15-20(18,19)11-6-10(13)5-4-9(11)2/h4-6,8,15H,3,7,13H2,1-2H3. The fraction of sp³-hybridized carbons (Fsp3) is 0.333. The number of aryl methyl sites for hydroxylation is 2. The molecule has 2 aromatic rings. The maximum Gasteiger partial charge on any atom is 0.241 e. The normalized spacial score (nSPS) is 11.7. The minimum absolute atomic E-state index is 0.0877. The highest BCUT2D eigenvalue weighted by molar-refractivity contribution is 7.89. The number of hydrogen-bond acceptors (Lipinski definition) is 5. The topological polar surface area (TPSA) is 103 Å². The van der Waals surface area contributed by atoms with Crippen LogP contribution in [-0.4, -0.2) is 23.2 Å². The summed E-state index contributed by atoms with van der Waals surface area (Å²) in [6, 6.07) is 4.79. The molecule has 0 fully saturated rings. The first-order valence-corrected chi connectivity index (χ1v) is 7.65. The Bertz CT molecular complexity index is 708. The van der Waals surface area contributed by atoms with Gasteiger partial charge in [0.2, 0.25) is 10.0 Å². The minimum atomic E-state index is -3.63. The number of anilines is 1. The summed E-state index contributed by atoms with van der Waals surface area (Å²) in [7, 11) is -3.63. The van der Waals surface area contributed by atoms with Crippen LogP contribution in [-0.2, 0) is 23.1 Å². The monoisotopic (exact) mass is 295 g/mol. The Kier molecular flexibility index (Phi) is 4.05. The van der Waals surface area contributed by atoms with Crippen molar-refractivity contribution in [3.05, 3.63) is 35.9 Å². The molecule has 2 rings (SSSR count). The zero-order valence-corrected chi connectivity index (χ0v) is 12.2. The summed E-state index contributed by atoms with van der Waals surface area (Å²) >= 11 is 0. The van der Waals surface area contributed by atoms with Crippen molar-refractivity contribution < 1.29 is 8.42 Å². The van der Waals surface area contributed by atoms with E-state index in [0.717, 1.165) is 0 Å². The number of aromatic nitrogens is 3. The van der Waals surface area contributed by atoms with Gasteiger partial charge in [-0.05, 0) is 31.5 Å². The van der Waals surface area contributed by atoms with Gasteiger partial charge >= 0.3 is 0 Å². The lowest BCUT2D eigenvalue weighted by molar-refractivity contribution is 0.574. The van der Waals surface area contributed by atoms with E-state index in [0.29, 0.717) is 23.6 Å². The lowest BCUT2D eigenvalue weighted by Gasteiger charge is -2.10.